The van der Waals surface area contributed by atoms with Crippen molar-refractivity contribution in [2.45, 2.75) is 70.4 Å². The predicted octanol–water partition coefficient (Wildman–Crippen LogP) is 1.93. The van der Waals surface area contributed by atoms with E-state index in [-0.39, 0.29) is 35.9 Å². The minimum absolute atomic E-state index is 0.0317. The Morgan fingerprint density at radius 3 is 2.63 bits per heavy atom. The van der Waals surface area contributed by atoms with Gasteiger partial charge in [0.25, 0.3) is 5.56 Å². The van der Waals surface area contributed by atoms with E-state index in [1.54, 1.807) is 4.90 Å². The molecule has 164 valence electrons. The van der Waals surface area contributed by atoms with Crippen LogP contribution >= 0.6 is 0 Å². The zero-order chi connectivity index (χ0) is 21.1. The Kier molecular flexibility index (Phi) is 6.51. The van der Waals surface area contributed by atoms with Crippen LogP contribution in [-0.2, 0) is 27.3 Å². The highest BCUT2D eigenvalue weighted by Gasteiger charge is 2.33. The second-order valence-corrected chi connectivity index (χ2v) is 8.75. The topological polar surface area (TPSA) is 95.6 Å². The van der Waals surface area contributed by atoms with Crippen LogP contribution in [0, 0.1) is 5.92 Å². The summed E-state index contributed by atoms with van der Waals surface area (Å²) in [5.41, 5.74) is 1.19. The molecule has 8 nitrogen and oxygen atoms in total. The first-order chi connectivity index (χ1) is 14.6. The van der Waals surface area contributed by atoms with Crippen LogP contribution in [-0.4, -0.2) is 58.4 Å². The molecule has 0 aromatic carbocycles. The number of ether oxygens (including phenoxy) is 1. The summed E-state index contributed by atoms with van der Waals surface area (Å²) in [5.74, 6) is 0.781. The van der Waals surface area contributed by atoms with Gasteiger partial charge < -0.3 is 19.5 Å². The molecule has 1 aromatic rings. The fraction of sp³-hybridized carbons (Fsp3) is 0.727. The number of hydrogen-bond acceptors (Lipinski definition) is 5. The summed E-state index contributed by atoms with van der Waals surface area (Å²) in [4.78, 5) is 49.6. The number of aromatic nitrogens is 2. The predicted molar refractivity (Wildman–Crippen MR) is 111 cm³/mol. The van der Waals surface area contributed by atoms with E-state index in [1.807, 2.05) is 4.90 Å². The quantitative estimate of drug-likeness (QED) is 0.809. The molecule has 4 rings (SSSR count). The summed E-state index contributed by atoms with van der Waals surface area (Å²) >= 11 is 0. The lowest BCUT2D eigenvalue weighted by Gasteiger charge is -2.36. The molecule has 1 saturated heterocycles. The van der Waals surface area contributed by atoms with Gasteiger partial charge in [0.2, 0.25) is 11.8 Å². The van der Waals surface area contributed by atoms with Crippen LogP contribution in [0.1, 0.15) is 74.5 Å². The van der Waals surface area contributed by atoms with Crippen molar-refractivity contribution in [3.63, 3.8) is 0 Å². The minimum atomic E-state index is -0.221. The van der Waals surface area contributed by atoms with E-state index in [9.17, 15) is 14.4 Å². The fourth-order valence-electron chi connectivity index (χ4n) is 5.12. The molecule has 2 aliphatic heterocycles. The van der Waals surface area contributed by atoms with Gasteiger partial charge in [-0.25, -0.2) is 4.98 Å². The summed E-state index contributed by atoms with van der Waals surface area (Å²) in [6.45, 7) is 1.63. The third-order valence-electron chi connectivity index (χ3n) is 6.76. The first-order valence-electron chi connectivity index (χ1n) is 11.3. The molecule has 3 aliphatic rings. The van der Waals surface area contributed by atoms with Crippen molar-refractivity contribution in [1.82, 2.24) is 19.8 Å². The van der Waals surface area contributed by atoms with Gasteiger partial charge in [-0.05, 0) is 32.1 Å². The summed E-state index contributed by atoms with van der Waals surface area (Å²) in [6.07, 6.45) is 8.67. The molecule has 1 saturated carbocycles. The minimum Gasteiger partial charge on any atom is -0.375 e. The molecular weight excluding hydrogens is 384 g/mol. The molecule has 3 heterocycles. The second-order valence-electron chi connectivity index (χ2n) is 8.75. The van der Waals surface area contributed by atoms with E-state index in [0.717, 1.165) is 50.6 Å². The Morgan fingerprint density at radius 2 is 1.87 bits per heavy atom. The number of hydrogen-bond donors (Lipinski definition) is 1. The van der Waals surface area contributed by atoms with Gasteiger partial charge in [0.15, 0.2) is 0 Å². The summed E-state index contributed by atoms with van der Waals surface area (Å²) < 4.78 is 5.02. The number of piperidine rings is 1. The highest BCUT2D eigenvalue weighted by Crippen LogP contribution is 2.30. The Labute approximate surface area is 177 Å². The van der Waals surface area contributed by atoms with Crippen LogP contribution < -0.4 is 5.56 Å². The van der Waals surface area contributed by atoms with E-state index >= 15 is 0 Å². The second kappa shape index (κ2) is 9.29. The third-order valence-corrected chi connectivity index (χ3v) is 6.76. The number of amides is 2. The largest absolute Gasteiger partial charge is 0.375 e. The van der Waals surface area contributed by atoms with Crippen LogP contribution in [0.3, 0.4) is 0 Å². The van der Waals surface area contributed by atoms with Gasteiger partial charge in [-0.2, -0.15) is 0 Å². The number of fused-ring (bicyclic) bond motifs is 1. The number of methoxy groups -OCH3 is 1. The molecule has 1 aliphatic carbocycles. The van der Waals surface area contributed by atoms with E-state index in [2.05, 4.69) is 4.98 Å². The van der Waals surface area contributed by atoms with E-state index in [1.165, 1.54) is 13.5 Å². The number of nitrogens with zero attached hydrogens (tertiary/aromatic N) is 3. The van der Waals surface area contributed by atoms with Gasteiger partial charge in [-0.1, -0.05) is 19.3 Å². The van der Waals surface area contributed by atoms with Crippen molar-refractivity contribution < 1.29 is 14.3 Å². The average Bonchev–Trinajstić information content (AvgIpc) is 2.79. The summed E-state index contributed by atoms with van der Waals surface area (Å²) in [7, 11) is 1.51. The number of aromatic amines is 1. The molecule has 0 radical (unpaired) electrons. The standard InChI is InChI=1S/C22H32N4O4/c1-30-14-19(27)26-11-6-5-9-18(26)20-23-17-10-12-25(13-16(17)21(28)24-20)22(29)15-7-3-2-4-8-15/h15,18H,2-14H2,1H3,(H,23,24,28)/t18-/m1/s1. The van der Waals surface area contributed by atoms with Crippen molar-refractivity contribution in [1.29, 1.82) is 0 Å². The third kappa shape index (κ3) is 4.29. The maximum atomic E-state index is 12.9. The van der Waals surface area contributed by atoms with Crippen molar-refractivity contribution in [3.8, 4) is 0 Å². The van der Waals surface area contributed by atoms with E-state index in [4.69, 9.17) is 9.72 Å². The Bertz CT molecular complexity index is 846. The lowest BCUT2D eigenvalue weighted by molar-refractivity contribution is -0.139. The molecular formula is C22H32N4O4. The maximum absolute atomic E-state index is 12.9. The molecule has 0 spiro atoms. The zero-order valence-electron chi connectivity index (χ0n) is 17.8. The van der Waals surface area contributed by atoms with Gasteiger partial charge in [0, 0.05) is 32.5 Å². The SMILES string of the molecule is COCC(=O)N1CCCC[C@@H]1c1nc2c(c(=O)[nH]1)CN(C(=O)C1CCCCC1)CC2. The molecule has 30 heavy (non-hydrogen) atoms. The number of likely N-dealkylation sites (tertiary alicyclic amines) is 1. The lowest BCUT2D eigenvalue weighted by Crippen LogP contribution is -2.44. The summed E-state index contributed by atoms with van der Waals surface area (Å²) in [6, 6.07) is -0.221. The molecule has 1 aromatic heterocycles. The molecule has 1 atom stereocenters. The van der Waals surface area contributed by atoms with E-state index in [0.29, 0.717) is 37.4 Å². The average molecular weight is 417 g/mol. The number of carbonyl (C=O) groups is 2. The first kappa shape index (κ1) is 21.0. The van der Waals surface area contributed by atoms with Crippen molar-refractivity contribution in [2.24, 2.45) is 5.92 Å². The van der Waals surface area contributed by atoms with Crippen LogP contribution in [0.15, 0.2) is 4.79 Å². The van der Waals surface area contributed by atoms with Crippen LogP contribution in [0.4, 0.5) is 0 Å². The van der Waals surface area contributed by atoms with Crippen molar-refractivity contribution in [3.05, 3.63) is 27.4 Å². The Hall–Kier alpha value is -2.22. The van der Waals surface area contributed by atoms with Gasteiger partial charge >= 0.3 is 0 Å². The molecule has 2 fully saturated rings. The van der Waals surface area contributed by atoms with Gasteiger partial charge in [-0.15, -0.1) is 0 Å². The Morgan fingerprint density at radius 1 is 1.10 bits per heavy atom. The molecule has 8 heteroatoms. The highest BCUT2D eigenvalue weighted by molar-refractivity contribution is 5.79. The zero-order valence-corrected chi connectivity index (χ0v) is 17.8. The maximum Gasteiger partial charge on any atom is 0.256 e. The fourth-order valence-corrected chi connectivity index (χ4v) is 5.12. The van der Waals surface area contributed by atoms with E-state index < -0.39 is 0 Å². The molecule has 0 unspecified atom stereocenters. The summed E-state index contributed by atoms with van der Waals surface area (Å²) in [5, 5.41) is 0. The number of nitrogens with one attached hydrogen (secondary N) is 1. The normalized spacial score (nSPS) is 22.6. The number of H-pyrrole nitrogens is 1. The smallest absolute Gasteiger partial charge is 0.256 e. The van der Waals surface area contributed by atoms with Gasteiger partial charge in [0.05, 0.1) is 23.8 Å². The highest BCUT2D eigenvalue weighted by atomic mass is 16.5. The van der Waals surface area contributed by atoms with Gasteiger partial charge in [0.1, 0.15) is 12.4 Å². The Balaban J connectivity index is 1.53. The lowest BCUT2D eigenvalue weighted by atomic mass is 9.88. The number of carbonyl (C=O) groups excluding carboxylic acids is 2. The number of rotatable bonds is 4. The van der Waals surface area contributed by atoms with Crippen molar-refractivity contribution in [2.75, 3.05) is 26.8 Å². The first-order valence-corrected chi connectivity index (χ1v) is 11.3. The molecule has 2 amide bonds. The van der Waals surface area contributed by atoms with Crippen LogP contribution in [0.2, 0.25) is 0 Å². The molecule has 1 N–H and O–H groups in total. The van der Waals surface area contributed by atoms with Gasteiger partial charge in [-0.3, -0.25) is 14.4 Å². The van der Waals surface area contributed by atoms with Crippen molar-refractivity contribution >= 4 is 11.8 Å². The van der Waals surface area contributed by atoms with Crippen LogP contribution in [0.25, 0.3) is 0 Å². The van der Waals surface area contributed by atoms with Crippen LogP contribution in [0.5, 0.6) is 0 Å². The monoisotopic (exact) mass is 416 g/mol. The molecule has 0 bridgehead atoms.